The summed E-state index contributed by atoms with van der Waals surface area (Å²) in [4.78, 5) is 3.83. The molecule has 1 aliphatic rings. The number of hydrogen-bond donors (Lipinski definition) is 4. The van der Waals surface area contributed by atoms with Crippen molar-refractivity contribution in [2.45, 2.75) is 23.9 Å². The lowest BCUT2D eigenvalue weighted by Gasteiger charge is -2.24. The fraction of sp³-hybridized carbons (Fsp3) is 0.417. The van der Waals surface area contributed by atoms with Gasteiger partial charge in [0, 0.05) is 0 Å². The first-order chi connectivity index (χ1) is 10.0. The van der Waals surface area contributed by atoms with Crippen LogP contribution in [-0.2, 0) is 10.3 Å². The Morgan fingerprint density at radius 3 is 2.86 bits per heavy atom. The fourth-order valence-electron chi connectivity index (χ4n) is 2.56. The number of nitrogens with zero attached hydrogens (tertiary/aromatic N) is 4. The highest BCUT2D eigenvalue weighted by Gasteiger charge is 2.57. The maximum absolute atomic E-state index is 10.2. The Morgan fingerprint density at radius 2 is 2.24 bits per heavy atom. The second kappa shape index (κ2) is 4.64. The molecule has 0 aliphatic carbocycles. The lowest BCUT2D eigenvalue weighted by atomic mass is 9.92. The molecule has 0 bridgehead atoms. The minimum Gasteiger partial charge on any atom is -0.394 e. The standard InChI is InChI=1S/C12H13N5O4/c13-4-12(10(20)9(19)7(3-18)21-12)8-2-1-6-11(14)15-5-16-17(6)8/h1-2,5,7,9-10,18-20H,3H2,(H2,14,15,16)/t7-,9-,10-,12-/m1/s1. The summed E-state index contributed by atoms with van der Waals surface area (Å²) in [5.41, 5.74) is 4.52. The summed E-state index contributed by atoms with van der Waals surface area (Å²) in [6, 6.07) is 4.97. The highest BCUT2D eigenvalue weighted by Crippen LogP contribution is 2.40. The van der Waals surface area contributed by atoms with Crippen LogP contribution >= 0.6 is 0 Å². The number of hydrogen-bond acceptors (Lipinski definition) is 8. The maximum atomic E-state index is 10.2. The zero-order chi connectivity index (χ0) is 15.2. The van der Waals surface area contributed by atoms with Gasteiger partial charge in [-0.25, -0.2) is 9.50 Å². The van der Waals surface area contributed by atoms with Gasteiger partial charge in [-0.3, -0.25) is 0 Å². The van der Waals surface area contributed by atoms with E-state index in [9.17, 15) is 20.6 Å². The van der Waals surface area contributed by atoms with E-state index in [0.717, 1.165) is 0 Å². The van der Waals surface area contributed by atoms with E-state index in [-0.39, 0.29) is 11.5 Å². The first kappa shape index (κ1) is 13.7. The lowest BCUT2D eigenvalue weighted by Crippen LogP contribution is -2.40. The number of aromatic nitrogens is 3. The predicted molar refractivity (Wildman–Crippen MR) is 68.7 cm³/mol. The average molecular weight is 291 g/mol. The Labute approximate surface area is 118 Å². The van der Waals surface area contributed by atoms with E-state index in [1.807, 2.05) is 6.07 Å². The molecule has 21 heavy (non-hydrogen) atoms. The fourth-order valence-corrected chi connectivity index (χ4v) is 2.56. The van der Waals surface area contributed by atoms with Gasteiger partial charge in [0.05, 0.1) is 12.3 Å². The number of nitrogen functional groups attached to an aromatic ring is 1. The van der Waals surface area contributed by atoms with Crippen LogP contribution in [0.25, 0.3) is 5.52 Å². The molecule has 0 spiro atoms. The quantitative estimate of drug-likeness (QED) is 0.503. The number of nitriles is 1. The largest absolute Gasteiger partial charge is 0.394 e. The Hall–Kier alpha value is -2.25. The molecule has 0 aromatic carbocycles. The molecule has 2 aromatic heterocycles. The van der Waals surface area contributed by atoms with E-state index >= 15 is 0 Å². The third-order valence-electron chi connectivity index (χ3n) is 3.67. The summed E-state index contributed by atoms with van der Waals surface area (Å²) in [7, 11) is 0. The van der Waals surface area contributed by atoms with E-state index in [4.69, 9.17) is 10.5 Å². The zero-order valence-corrected chi connectivity index (χ0v) is 10.8. The van der Waals surface area contributed by atoms with Crippen LogP contribution in [0.2, 0.25) is 0 Å². The van der Waals surface area contributed by atoms with E-state index in [1.54, 1.807) is 6.07 Å². The van der Waals surface area contributed by atoms with Crippen LogP contribution in [0.15, 0.2) is 18.5 Å². The molecule has 5 N–H and O–H groups in total. The van der Waals surface area contributed by atoms with Gasteiger partial charge in [-0.15, -0.1) is 0 Å². The Morgan fingerprint density at radius 1 is 1.48 bits per heavy atom. The van der Waals surface area contributed by atoms with Crippen LogP contribution in [0.1, 0.15) is 5.69 Å². The molecular formula is C12H13N5O4. The number of anilines is 1. The second-order valence-corrected chi connectivity index (χ2v) is 4.78. The van der Waals surface area contributed by atoms with Gasteiger partial charge in [-0.1, -0.05) is 0 Å². The number of aliphatic hydroxyl groups is 3. The molecule has 9 nitrogen and oxygen atoms in total. The zero-order valence-electron chi connectivity index (χ0n) is 10.8. The molecule has 0 amide bonds. The molecule has 1 fully saturated rings. The van der Waals surface area contributed by atoms with Crippen LogP contribution in [0.3, 0.4) is 0 Å². The van der Waals surface area contributed by atoms with Crippen molar-refractivity contribution in [1.29, 1.82) is 5.26 Å². The highest BCUT2D eigenvalue weighted by molar-refractivity contribution is 5.66. The van der Waals surface area contributed by atoms with Gasteiger partial charge in [0.2, 0.25) is 5.60 Å². The molecule has 0 saturated carbocycles. The van der Waals surface area contributed by atoms with E-state index in [1.165, 1.54) is 16.9 Å². The summed E-state index contributed by atoms with van der Waals surface area (Å²) < 4.78 is 6.75. The topological polar surface area (TPSA) is 150 Å². The highest BCUT2D eigenvalue weighted by atomic mass is 16.6. The van der Waals surface area contributed by atoms with Gasteiger partial charge in [0.25, 0.3) is 0 Å². The number of aliphatic hydroxyl groups excluding tert-OH is 3. The van der Waals surface area contributed by atoms with Crippen molar-refractivity contribution in [3.05, 3.63) is 24.2 Å². The van der Waals surface area contributed by atoms with Gasteiger partial charge >= 0.3 is 0 Å². The summed E-state index contributed by atoms with van der Waals surface area (Å²) >= 11 is 0. The van der Waals surface area contributed by atoms with Crippen LogP contribution in [0, 0.1) is 11.3 Å². The first-order valence-electron chi connectivity index (χ1n) is 6.20. The minimum absolute atomic E-state index is 0.205. The number of ether oxygens (including phenoxy) is 1. The predicted octanol–water partition coefficient (Wildman–Crippen LogP) is -1.86. The monoisotopic (exact) mass is 291 g/mol. The molecule has 1 aliphatic heterocycles. The number of nitrogens with two attached hydrogens (primary N) is 1. The minimum atomic E-state index is -1.85. The van der Waals surface area contributed by atoms with Crippen molar-refractivity contribution in [1.82, 2.24) is 14.6 Å². The molecule has 0 unspecified atom stereocenters. The molecule has 0 radical (unpaired) electrons. The number of fused-ring (bicyclic) bond motifs is 1. The van der Waals surface area contributed by atoms with Crippen molar-refractivity contribution in [3.8, 4) is 6.07 Å². The van der Waals surface area contributed by atoms with E-state index in [2.05, 4.69) is 10.1 Å². The Balaban J connectivity index is 2.20. The van der Waals surface area contributed by atoms with Gasteiger partial charge in [-0.05, 0) is 12.1 Å². The summed E-state index contributed by atoms with van der Waals surface area (Å²) in [6.07, 6.45) is -2.78. The normalized spacial score (nSPS) is 32.4. The molecule has 9 heteroatoms. The third-order valence-corrected chi connectivity index (χ3v) is 3.67. The molecule has 3 rings (SSSR count). The summed E-state index contributed by atoms with van der Waals surface area (Å²) in [6.45, 7) is -0.526. The van der Waals surface area contributed by atoms with Crippen LogP contribution in [0.4, 0.5) is 5.82 Å². The maximum Gasteiger partial charge on any atom is 0.225 e. The van der Waals surface area contributed by atoms with Crippen LogP contribution < -0.4 is 5.73 Å². The Bertz CT molecular complexity index is 726. The van der Waals surface area contributed by atoms with Crippen molar-refractivity contribution in [2.24, 2.45) is 0 Å². The molecular weight excluding hydrogens is 278 g/mol. The molecule has 1 saturated heterocycles. The van der Waals surface area contributed by atoms with Crippen molar-refractivity contribution in [2.75, 3.05) is 12.3 Å². The number of rotatable bonds is 2. The van der Waals surface area contributed by atoms with Crippen LogP contribution in [-0.4, -0.2) is 54.8 Å². The van der Waals surface area contributed by atoms with Gasteiger partial charge in [-0.2, -0.15) is 10.4 Å². The average Bonchev–Trinajstić information content (AvgIpc) is 3.03. The summed E-state index contributed by atoms with van der Waals surface area (Å²) in [5.74, 6) is 0.205. The molecule has 2 aromatic rings. The first-order valence-corrected chi connectivity index (χ1v) is 6.20. The second-order valence-electron chi connectivity index (χ2n) is 4.78. The Kier molecular flexibility index (Phi) is 3.03. The molecule has 4 atom stereocenters. The van der Waals surface area contributed by atoms with Crippen molar-refractivity contribution in [3.63, 3.8) is 0 Å². The van der Waals surface area contributed by atoms with E-state index in [0.29, 0.717) is 5.52 Å². The SMILES string of the molecule is N#C[C@]1(c2ccc3c(N)ncnn23)O[C@H](CO)[C@@H](O)[C@H]1O. The van der Waals surface area contributed by atoms with Gasteiger partial charge in [0.15, 0.2) is 5.82 Å². The third kappa shape index (κ3) is 1.71. The van der Waals surface area contributed by atoms with Crippen molar-refractivity contribution < 1.29 is 20.1 Å². The van der Waals surface area contributed by atoms with E-state index < -0.39 is 30.5 Å². The molecule has 3 heterocycles. The van der Waals surface area contributed by atoms with Gasteiger partial charge < -0.3 is 25.8 Å². The molecule has 110 valence electrons. The van der Waals surface area contributed by atoms with Gasteiger partial charge in [0.1, 0.15) is 36.2 Å². The smallest absolute Gasteiger partial charge is 0.225 e. The van der Waals surface area contributed by atoms with Crippen molar-refractivity contribution >= 4 is 11.3 Å². The summed E-state index contributed by atoms with van der Waals surface area (Å²) in [5, 5.41) is 42.8. The lowest BCUT2D eigenvalue weighted by molar-refractivity contribution is -0.0643. The van der Waals surface area contributed by atoms with Crippen LogP contribution in [0.5, 0.6) is 0 Å².